The van der Waals surface area contributed by atoms with Crippen molar-refractivity contribution in [1.82, 2.24) is 0 Å². The van der Waals surface area contributed by atoms with E-state index in [1.165, 1.54) is 19.3 Å². The van der Waals surface area contributed by atoms with E-state index >= 15 is 0 Å². The summed E-state index contributed by atoms with van der Waals surface area (Å²) >= 11 is 0. The van der Waals surface area contributed by atoms with Crippen molar-refractivity contribution in [2.45, 2.75) is 65.0 Å². The summed E-state index contributed by atoms with van der Waals surface area (Å²) in [5, 5.41) is 0. The molecule has 0 heterocycles. The van der Waals surface area contributed by atoms with Gasteiger partial charge in [-0.15, -0.1) is 0 Å². The molecule has 2 nitrogen and oxygen atoms in total. The fourth-order valence-electron chi connectivity index (χ4n) is 2.99. The summed E-state index contributed by atoms with van der Waals surface area (Å²) < 4.78 is 5.54. The minimum absolute atomic E-state index is 0.236. The first-order chi connectivity index (χ1) is 7.60. The Hall–Kier alpha value is -0.0800. The molecule has 0 amide bonds. The summed E-state index contributed by atoms with van der Waals surface area (Å²) in [5.41, 5.74) is 6.37. The van der Waals surface area contributed by atoms with Crippen molar-refractivity contribution in [1.29, 1.82) is 0 Å². The second-order valence-electron chi connectivity index (χ2n) is 5.67. The molecular weight excluding hydrogens is 198 g/mol. The van der Waals surface area contributed by atoms with E-state index in [0.29, 0.717) is 5.92 Å². The number of methoxy groups -OCH3 is 1. The maximum Gasteiger partial charge on any atom is 0.0724 e. The molecule has 1 aliphatic rings. The Morgan fingerprint density at radius 3 is 2.44 bits per heavy atom. The summed E-state index contributed by atoms with van der Waals surface area (Å²) in [5.74, 6) is 2.36. The lowest BCUT2D eigenvalue weighted by Crippen LogP contribution is -2.44. The highest BCUT2D eigenvalue weighted by molar-refractivity contribution is 4.86. The fourth-order valence-corrected chi connectivity index (χ4v) is 2.99. The topological polar surface area (TPSA) is 35.2 Å². The Bertz CT molecular complexity index is 195. The third kappa shape index (κ3) is 3.46. The smallest absolute Gasteiger partial charge is 0.0724 e. The van der Waals surface area contributed by atoms with E-state index in [9.17, 15) is 0 Å². The molecule has 0 spiro atoms. The zero-order valence-corrected chi connectivity index (χ0v) is 11.4. The number of rotatable bonds is 5. The predicted octanol–water partition coefficient (Wildman–Crippen LogP) is 3.20. The molecule has 0 bridgehead atoms. The highest BCUT2D eigenvalue weighted by Crippen LogP contribution is 2.35. The van der Waals surface area contributed by atoms with E-state index in [1.807, 2.05) is 0 Å². The van der Waals surface area contributed by atoms with Gasteiger partial charge in [0.1, 0.15) is 0 Å². The third-order valence-corrected chi connectivity index (χ3v) is 4.49. The van der Waals surface area contributed by atoms with E-state index in [2.05, 4.69) is 20.8 Å². The van der Waals surface area contributed by atoms with Crippen molar-refractivity contribution in [3.05, 3.63) is 0 Å². The largest absolute Gasteiger partial charge is 0.380 e. The van der Waals surface area contributed by atoms with Crippen LogP contribution in [0, 0.1) is 17.8 Å². The standard InChI is InChI=1S/C14H29NO/c1-5-6-13(16-4)14(15)12-8-7-10(2)11(3)9-12/h10-14H,5-9,15H2,1-4H3. The van der Waals surface area contributed by atoms with Gasteiger partial charge in [-0.3, -0.25) is 0 Å². The third-order valence-electron chi connectivity index (χ3n) is 4.49. The van der Waals surface area contributed by atoms with E-state index in [0.717, 1.165) is 24.7 Å². The molecule has 1 saturated carbocycles. The number of nitrogens with two attached hydrogens (primary N) is 1. The Balaban J connectivity index is 2.49. The molecular formula is C14H29NO. The number of hydrogen-bond acceptors (Lipinski definition) is 2. The minimum Gasteiger partial charge on any atom is -0.380 e. The molecule has 2 N–H and O–H groups in total. The molecule has 96 valence electrons. The van der Waals surface area contributed by atoms with Gasteiger partial charge in [0, 0.05) is 13.2 Å². The molecule has 0 aliphatic heterocycles. The van der Waals surface area contributed by atoms with Gasteiger partial charge in [-0.05, 0) is 37.0 Å². The second kappa shape index (κ2) is 6.61. The van der Waals surface area contributed by atoms with Gasteiger partial charge in [0.2, 0.25) is 0 Å². The fraction of sp³-hybridized carbons (Fsp3) is 1.00. The monoisotopic (exact) mass is 227 g/mol. The first kappa shape index (κ1) is 14.0. The van der Waals surface area contributed by atoms with Crippen molar-refractivity contribution in [2.75, 3.05) is 7.11 Å². The van der Waals surface area contributed by atoms with Crippen LogP contribution < -0.4 is 5.73 Å². The Labute approximate surface area is 101 Å². The van der Waals surface area contributed by atoms with Crippen LogP contribution in [-0.2, 0) is 4.74 Å². The lowest BCUT2D eigenvalue weighted by molar-refractivity contribution is 0.0376. The highest BCUT2D eigenvalue weighted by Gasteiger charge is 2.31. The van der Waals surface area contributed by atoms with Gasteiger partial charge in [0.25, 0.3) is 0 Å². The zero-order valence-electron chi connectivity index (χ0n) is 11.4. The molecule has 16 heavy (non-hydrogen) atoms. The maximum absolute atomic E-state index is 6.37. The van der Waals surface area contributed by atoms with Gasteiger partial charge < -0.3 is 10.5 Å². The molecule has 0 radical (unpaired) electrons. The first-order valence-corrected chi connectivity index (χ1v) is 6.88. The van der Waals surface area contributed by atoms with Crippen LogP contribution in [0.5, 0.6) is 0 Å². The van der Waals surface area contributed by atoms with Crippen molar-refractivity contribution < 1.29 is 4.74 Å². The Morgan fingerprint density at radius 1 is 1.25 bits per heavy atom. The Kier molecular flexibility index (Phi) is 5.77. The summed E-state index contributed by atoms with van der Waals surface area (Å²) in [7, 11) is 1.80. The molecule has 1 rings (SSSR count). The molecule has 5 unspecified atom stereocenters. The van der Waals surface area contributed by atoms with Crippen LogP contribution in [0.3, 0.4) is 0 Å². The van der Waals surface area contributed by atoms with Crippen LogP contribution in [0.1, 0.15) is 52.9 Å². The molecule has 1 aliphatic carbocycles. The van der Waals surface area contributed by atoms with Crippen molar-refractivity contribution in [2.24, 2.45) is 23.5 Å². The lowest BCUT2D eigenvalue weighted by atomic mass is 9.72. The van der Waals surface area contributed by atoms with Crippen molar-refractivity contribution in [3.8, 4) is 0 Å². The van der Waals surface area contributed by atoms with E-state index in [4.69, 9.17) is 10.5 Å². The molecule has 0 aromatic rings. The lowest BCUT2D eigenvalue weighted by Gasteiger charge is -2.37. The van der Waals surface area contributed by atoms with Gasteiger partial charge in [0.15, 0.2) is 0 Å². The zero-order chi connectivity index (χ0) is 12.1. The van der Waals surface area contributed by atoms with Gasteiger partial charge in [0.05, 0.1) is 6.10 Å². The van der Waals surface area contributed by atoms with Crippen molar-refractivity contribution in [3.63, 3.8) is 0 Å². The van der Waals surface area contributed by atoms with Crippen LogP contribution in [0.4, 0.5) is 0 Å². The normalized spacial score (nSPS) is 34.7. The first-order valence-electron chi connectivity index (χ1n) is 6.88. The predicted molar refractivity (Wildman–Crippen MR) is 69.3 cm³/mol. The number of hydrogen-bond donors (Lipinski definition) is 1. The average molecular weight is 227 g/mol. The van der Waals surface area contributed by atoms with Gasteiger partial charge in [-0.25, -0.2) is 0 Å². The maximum atomic E-state index is 6.37. The van der Waals surface area contributed by atoms with Gasteiger partial charge >= 0.3 is 0 Å². The SMILES string of the molecule is CCCC(OC)C(N)C1CCC(C)C(C)C1. The summed E-state index contributed by atoms with van der Waals surface area (Å²) in [6.45, 7) is 6.93. The Morgan fingerprint density at radius 2 is 1.94 bits per heavy atom. The van der Waals surface area contributed by atoms with Gasteiger partial charge in [-0.1, -0.05) is 33.6 Å². The van der Waals surface area contributed by atoms with E-state index in [-0.39, 0.29) is 12.1 Å². The van der Waals surface area contributed by atoms with Crippen LogP contribution in [-0.4, -0.2) is 19.3 Å². The van der Waals surface area contributed by atoms with E-state index < -0.39 is 0 Å². The highest BCUT2D eigenvalue weighted by atomic mass is 16.5. The average Bonchev–Trinajstić information content (AvgIpc) is 2.28. The molecule has 2 heteroatoms. The second-order valence-corrected chi connectivity index (χ2v) is 5.67. The molecule has 1 fully saturated rings. The van der Waals surface area contributed by atoms with Crippen LogP contribution in [0.15, 0.2) is 0 Å². The van der Waals surface area contributed by atoms with Crippen LogP contribution in [0.2, 0.25) is 0 Å². The van der Waals surface area contributed by atoms with E-state index in [1.54, 1.807) is 7.11 Å². The van der Waals surface area contributed by atoms with Crippen LogP contribution >= 0.6 is 0 Å². The molecule has 5 atom stereocenters. The summed E-state index contributed by atoms with van der Waals surface area (Å²) in [6, 6.07) is 0.236. The van der Waals surface area contributed by atoms with Crippen LogP contribution in [0.25, 0.3) is 0 Å². The molecule has 0 aromatic heterocycles. The minimum atomic E-state index is 0.236. The summed E-state index contributed by atoms with van der Waals surface area (Å²) in [4.78, 5) is 0. The molecule has 0 saturated heterocycles. The molecule has 0 aromatic carbocycles. The number of ether oxygens (including phenoxy) is 1. The van der Waals surface area contributed by atoms with Crippen molar-refractivity contribution >= 4 is 0 Å². The van der Waals surface area contributed by atoms with Gasteiger partial charge in [-0.2, -0.15) is 0 Å². The summed E-state index contributed by atoms with van der Waals surface area (Å²) in [6.07, 6.45) is 6.42. The quantitative estimate of drug-likeness (QED) is 0.783.